The maximum Gasteiger partial charge on any atom is 0.325 e. The Labute approximate surface area is 102 Å². The minimum absolute atomic E-state index is 0.0458. The van der Waals surface area contributed by atoms with Gasteiger partial charge in [-0.15, -0.1) is 0 Å². The van der Waals surface area contributed by atoms with E-state index in [0.29, 0.717) is 6.61 Å². The molecule has 1 rings (SSSR count). The molecule has 0 aliphatic heterocycles. The van der Waals surface area contributed by atoms with Crippen LogP contribution >= 0.6 is 0 Å². The van der Waals surface area contributed by atoms with Crippen LogP contribution in [0.25, 0.3) is 0 Å². The largest absolute Gasteiger partial charge is 0.465 e. The number of amides is 1. The van der Waals surface area contributed by atoms with Gasteiger partial charge in [-0.3, -0.25) is 9.59 Å². The van der Waals surface area contributed by atoms with Gasteiger partial charge in [0, 0.05) is 12.1 Å². The first-order valence-corrected chi connectivity index (χ1v) is 6.19. The third kappa shape index (κ3) is 4.00. The number of hydrogen-bond acceptors (Lipinski definition) is 4. The summed E-state index contributed by atoms with van der Waals surface area (Å²) in [4.78, 5) is 25.2. The van der Waals surface area contributed by atoms with Crippen LogP contribution in [0.5, 0.6) is 0 Å². The summed E-state index contributed by atoms with van der Waals surface area (Å²) in [5.41, 5.74) is 5.72. The Kier molecular flexibility index (Phi) is 4.93. The van der Waals surface area contributed by atoms with Gasteiger partial charge in [0.2, 0.25) is 5.91 Å². The van der Waals surface area contributed by atoms with Crippen molar-refractivity contribution in [1.82, 2.24) is 4.90 Å². The van der Waals surface area contributed by atoms with Crippen molar-refractivity contribution in [1.29, 1.82) is 0 Å². The predicted octanol–water partition coefficient (Wildman–Crippen LogP) is 0.524. The summed E-state index contributed by atoms with van der Waals surface area (Å²) in [6.07, 6.45) is 1.94. The molecule has 1 fully saturated rings. The lowest BCUT2D eigenvalue weighted by Crippen LogP contribution is -2.45. The van der Waals surface area contributed by atoms with Crippen molar-refractivity contribution in [2.75, 3.05) is 13.2 Å². The highest BCUT2D eigenvalue weighted by Gasteiger charge is 2.36. The van der Waals surface area contributed by atoms with Gasteiger partial charge in [-0.1, -0.05) is 6.92 Å². The molecule has 0 spiro atoms. The molecule has 1 aliphatic rings. The van der Waals surface area contributed by atoms with Crippen LogP contribution in [0.4, 0.5) is 0 Å². The second-order valence-electron chi connectivity index (χ2n) is 4.65. The molecule has 1 aliphatic carbocycles. The summed E-state index contributed by atoms with van der Waals surface area (Å²) in [5, 5.41) is 0. The van der Waals surface area contributed by atoms with Crippen molar-refractivity contribution in [2.45, 2.75) is 45.7 Å². The van der Waals surface area contributed by atoms with Crippen LogP contribution in [-0.4, -0.2) is 42.0 Å². The van der Waals surface area contributed by atoms with Crippen molar-refractivity contribution in [3.8, 4) is 0 Å². The average Bonchev–Trinajstić information content (AvgIpc) is 3.08. The Morgan fingerprint density at radius 2 is 2.00 bits per heavy atom. The number of esters is 1. The zero-order valence-corrected chi connectivity index (χ0v) is 10.8. The molecule has 5 nitrogen and oxygen atoms in total. The van der Waals surface area contributed by atoms with Gasteiger partial charge in [0.25, 0.3) is 0 Å². The van der Waals surface area contributed by atoms with E-state index in [1.165, 1.54) is 0 Å². The lowest BCUT2D eigenvalue weighted by atomic mass is 10.0. The van der Waals surface area contributed by atoms with E-state index in [2.05, 4.69) is 0 Å². The topological polar surface area (TPSA) is 72.6 Å². The van der Waals surface area contributed by atoms with Gasteiger partial charge in [0.05, 0.1) is 12.5 Å². The Hall–Kier alpha value is -1.10. The number of hydrogen-bond donors (Lipinski definition) is 1. The number of nitrogens with two attached hydrogens (primary N) is 1. The molecule has 2 unspecified atom stereocenters. The highest BCUT2D eigenvalue weighted by atomic mass is 16.5. The van der Waals surface area contributed by atoms with Crippen LogP contribution in [-0.2, 0) is 14.3 Å². The van der Waals surface area contributed by atoms with Crippen molar-refractivity contribution >= 4 is 11.9 Å². The van der Waals surface area contributed by atoms with E-state index in [-0.39, 0.29) is 36.4 Å². The molecule has 0 aromatic heterocycles. The Balaban J connectivity index is 2.59. The van der Waals surface area contributed by atoms with Gasteiger partial charge < -0.3 is 15.4 Å². The van der Waals surface area contributed by atoms with Gasteiger partial charge in [0.1, 0.15) is 6.54 Å². The Morgan fingerprint density at radius 3 is 2.41 bits per heavy atom. The monoisotopic (exact) mass is 242 g/mol. The van der Waals surface area contributed by atoms with Crippen LogP contribution in [0.1, 0.15) is 33.6 Å². The maximum atomic E-state index is 12.1. The molecule has 1 amide bonds. The summed E-state index contributed by atoms with van der Waals surface area (Å²) >= 11 is 0. The smallest absolute Gasteiger partial charge is 0.325 e. The fourth-order valence-corrected chi connectivity index (χ4v) is 1.61. The molecule has 2 atom stereocenters. The van der Waals surface area contributed by atoms with Crippen molar-refractivity contribution in [3.63, 3.8) is 0 Å². The van der Waals surface area contributed by atoms with E-state index in [1.54, 1.807) is 25.7 Å². The normalized spacial score (nSPS) is 18.4. The SMILES string of the molecule is CCOC(=O)CN(C(=O)C(C)C(C)N)C1CC1. The molecule has 1 saturated carbocycles. The second-order valence-corrected chi connectivity index (χ2v) is 4.65. The summed E-state index contributed by atoms with van der Waals surface area (Å²) in [7, 11) is 0. The van der Waals surface area contributed by atoms with E-state index in [1.807, 2.05) is 0 Å². The predicted molar refractivity (Wildman–Crippen MR) is 64.2 cm³/mol. The standard InChI is InChI=1S/C12H22N2O3/c1-4-17-11(15)7-14(10-5-6-10)12(16)8(2)9(3)13/h8-10H,4-7,13H2,1-3H3. The van der Waals surface area contributed by atoms with Crippen LogP contribution in [0.15, 0.2) is 0 Å². The number of carbonyl (C=O) groups is 2. The Morgan fingerprint density at radius 1 is 1.41 bits per heavy atom. The second kappa shape index (κ2) is 6.00. The summed E-state index contributed by atoms with van der Waals surface area (Å²) in [6.45, 7) is 5.75. The van der Waals surface area contributed by atoms with Crippen LogP contribution in [0.3, 0.4) is 0 Å². The first-order chi connectivity index (χ1) is 7.97. The van der Waals surface area contributed by atoms with Crippen molar-refractivity contribution in [2.24, 2.45) is 11.7 Å². The molecule has 0 radical (unpaired) electrons. The highest BCUT2D eigenvalue weighted by Crippen LogP contribution is 2.28. The van der Waals surface area contributed by atoms with E-state index in [4.69, 9.17) is 10.5 Å². The van der Waals surface area contributed by atoms with E-state index in [9.17, 15) is 9.59 Å². The zero-order chi connectivity index (χ0) is 13.0. The minimum Gasteiger partial charge on any atom is -0.465 e. The molecular weight excluding hydrogens is 220 g/mol. The van der Waals surface area contributed by atoms with Gasteiger partial charge in [-0.2, -0.15) is 0 Å². The maximum absolute atomic E-state index is 12.1. The van der Waals surface area contributed by atoms with Gasteiger partial charge in [-0.05, 0) is 26.7 Å². The van der Waals surface area contributed by atoms with Crippen molar-refractivity contribution < 1.29 is 14.3 Å². The molecule has 0 bridgehead atoms. The zero-order valence-electron chi connectivity index (χ0n) is 10.8. The number of ether oxygens (including phenoxy) is 1. The third-order valence-electron chi connectivity index (χ3n) is 3.05. The first-order valence-electron chi connectivity index (χ1n) is 6.19. The minimum atomic E-state index is -0.343. The Bertz CT molecular complexity index is 287. The van der Waals surface area contributed by atoms with Crippen LogP contribution in [0, 0.1) is 5.92 Å². The number of rotatable bonds is 6. The molecule has 98 valence electrons. The molecule has 0 saturated heterocycles. The third-order valence-corrected chi connectivity index (χ3v) is 3.05. The summed E-state index contributed by atoms with van der Waals surface area (Å²) < 4.78 is 4.88. The molecular formula is C12H22N2O3. The highest BCUT2D eigenvalue weighted by molar-refractivity contribution is 5.84. The number of nitrogens with zero attached hydrogens (tertiary/aromatic N) is 1. The fraction of sp³-hybridized carbons (Fsp3) is 0.833. The molecule has 0 heterocycles. The average molecular weight is 242 g/mol. The summed E-state index contributed by atoms with van der Waals surface area (Å²) in [6, 6.07) is -0.000878. The van der Waals surface area contributed by atoms with E-state index in [0.717, 1.165) is 12.8 Å². The lowest BCUT2D eigenvalue weighted by molar-refractivity contribution is -0.150. The molecule has 0 aromatic rings. The van der Waals surface area contributed by atoms with Crippen molar-refractivity contribution in [3.05, 3.63) is 0 Å². The van der Waals surface area contributed by atoms with E-state index < -0.39 is 0 Å². The van der Waals surface area contributed by atoms with Crippen LogP contribution < -0.4 is 5.73 Å². The molecule has 5 heteroatoms. The quantitative estimate of drug-likeness (QED) is 0.689. The first kappa shape index (κ1) is 14.0. The number of carbonyl (C=O) groups excluding carboxylic acids is 2. The fourth-order valence-electron chi connectivity index (χ4n) is 1.61. The van der Waals surface area contributed by atoms with Gasteiger partial charge in [-0.25, -0.2) is 0 Å². The molecule has 17 heavy (non-hydrogen) atoms. The summed E-state index contributed by atoms with van der Waals surface area (Å²) in [5.74, 6) is -0.648. The molecule has 0 aromatic carbocycles. The van der Waals surface area contributed by atoms with Gasteiger partial charge >= 0.3 is 5.97 Å². The lowest BCUT2D eigenvalue weighted by Gasteiger charge is -2.26. The van der Waals surface area contributed by atoms with E-state index >= 15 is 0 Å². The van der Waals surface area contributed by atoms with Crippen LogP contribution in [0.2, 0.25) is 0 Å². The molecule has 2 N–H and O–H groups in total. The van der Waals surface area contributed by atoms with Gasteiger partial charge in [0.15, 0.2) is 0 Å².